The van der Waals surface area contributed by atoms with Gasteiger partial charge in [0.2, 0.25) is 0 Å². The molecule has 2 aromatic rings. The van der Waals surface area contributed by atoms with Crippen molar-refractivity contribution in [2.45, 2.75) is 12.5 Å². The smallest absolute Gasteiger partial charge is 0.313 e. The molecule has 2 amide bonds. The summed E-state index contributed by atoms with van der Waals surface area (Å²) in [6.45, 7) is 0.0146. The van der Waals surface area contributed by atoms with Gasteiger partial charge in [-0.1, -0.05) is 30.3 Å². The van der Waals surface area contributed by atoms with Crippen LogP contribution in [0.25, 0.3) is 0 Å². The third-order valence-corrected chi connectivity index (χ3v) is 3.66. The summed E-state index contributed by atoms with van der Waals surface area (Å²) in [6, 6.07) is 16.6. The molecule has 6 nitrogen and oxygen atoms in total. The summed E-state index contributed by atoms with van der Waals surface area (Å²) in [4.78, 5) is 25.7. The number of hydrogen-bond donors (Lipinski definition) is 3. The summed E-state index contributed by atoms with van der Waals surface area (Å²) in [5, 5.41) is 14.9. The third kappa shape index (κ3) is 5.93. The third-order valence-electron chi connectivity index (χ3n) is 3.66. The molecular formula is C19H23N3O3. The molecule has 2 aromatic carbocycles. The van der Waals surface area contributed by atoms with E-state index in [4.69, 9.17) is 0 Å². The quantitative estimate of drug-likeness (QED) is 0.694. The molecular weight excluding hydrogens is 318 g/mol. The molecule has 1 atom stereocenters. The Morgan fingerprint density at radius 2 is 1.64 bits per heavy atom. The van der Waals surface area contributed by atoms with Crippen molar-refractivity contribution in [3.8, 4) is 0 Å². The van der Waals surface area contributed by atoms with Crippen molar-refractivity contribution in [2.75, 3.05) is 30.9 Å². The fraction of sp³-hybridized carbons (Fsp3) is 0.263. The van der Waals surface area contributed by atoms with Gasteiger partial charge in [0.25, 0.3) is 0 Å². The Morgan fingerprint density at radius 1 is 1.00 bits per heavy atom. The molecule has 0 saturated carbocycles. The summed E-state index contributed by atoms with van der Waals surface area (Å²) < 4.78 is 0. The zero-order valence-corrected chi connectivity index (χ0v) is 14.4. The van der Waals surface area contributed by atoms with Crippen molar-refractivity contribution in [3.05, 3.63) is 60.2 Å². The predicted octanol–water partition coefficient (Wildman–Crippen LogP) is 1.41. The van der Waals surface area contributed by atoms with Crippen LogP contribution in [0.1, 0.15) is 5.56 Å². The highest BCUT2D eigenvalue weighted by Crippen LogP contribution is 2.15. The normalized spacial score (nSPS) is 11.5. The number of anilines is 2. The number of carbonyl (C=O) groups is 2. The topological polar surface area (TPSA) is 81.7 Å². The van der Waals surface area contributed by atoms with Crippen molar-refractivity contribution in [2.24, 2.45) is 0 Å². The van der Waals surface area contributed by atoms with Gasteiger partial charge in [-0.05, 0) is 29.8 Å². The van der Waals surface area contributed by atoms with Gasteiger partial charge >= 0.3 is 11.8 Å². The van der Waals surface area contributed by atoms with E-state index in [9.17, 15) is 14.7 Å². The summed E-state index contributed by atoms with van der Waals surface area (Å²) >= 11 is 0. The Morgan fingerprint density at radius 3 is 2.24 bits per heavy atom. The maximum Gasteiger partial charge on any atom is 0.313 e. The van der Waals surface area contributed by atoms with E-state index in [-0.39, 0.29) is 6.54 Å². The molecule has 0 fully saturated rings. The number of aliphatic hydroxyl groups excluding tert-OH is 1. The minimum atomic E-state index is -0.774. The average molecular weight is 341 g/mol. The molecule has 0 aliphatic rings. The molecule has 2 rings (SSSR count). The van der Waals surface area contributed by atoms with Gasteiger partial charge in [-0.15, -0.1) is 0 Å². The van der Waals surface area contributed by atoms with E-state index in [0.29, 0.717) is 12.1 Å². The van der Waals surface area contributed by atoms with Crippen LogP contribution >= 0.6 is 0 Å². The molecule has 1 unspecified atom stereocenters. The van der Waals surface area contributed by atoms with Crippen LogP contribution in [0.15, 0.2) is 54.6 Å². The summed E-state index contributed by atoms with van der Waals surface area (Å²) in [7, 11) is 3.84. The highest BCUT2D eigenvalue weighted by Gasteiger charge is 2.15. The second-order valence-electron chi connectivity index (χ2n) is 5.95. The van der Waals surface area contributed by atoms with Crippen molar-refractivity contribution >= 4 is 23.2 Å². The molecule has 0 heterocycles. The number of rotatable bonds is 6. The van der Waals surface area contributed by atoms with Gasteiger partial charge < -0.3 is 20.6 Å². The summed E-state index contributed by atoms with van der Waals surface area (Å²) in [6.07, 6.45) is -0.340. The first kappa shape index (κ1) is 18.5. The minimum absolute atomic E-state index is 0.0146. The number of carbonyl (C=O) groups excluding carboxylic acids is 2. The van der Waals surface area contributed by atoms with Gasteiger partial charge in [-0.3, -0.25) is 9.59 Å². The molecule has 132 valence electrons. The van der Waals surface area contributed by atoms with E-state index in [2.05, 4.69) is 10.6 Å². The highest BCUT2D eigenvalue weighted by molar-refractivity contribution is 6.39. The van der Waals surface area contributed by atoms with Gasteiger partial charge in [-0.2, -0.15) is 0 Å². The van der Waals surface area contributed by atoms with Crippen LogP contribution in [-0.4, -0.2) is 43.7 Å². The van der Waals surface area contributed by atoms with Crippen molar-refractivity contribution in [1.29, 1.82) is 0 Å². The fourth-order valence-corrected chi connectivity index (χ4v) is 2.28. The fourth-order valence-electron chi connectivity index (χ4n) is 2.28. The lowest BCUT2D eigenvalue weighted by Gasteiger charge is -2.13. The SMILES string of the molecule is CN(C)c1ccc(NC(=O)C(=O)NCC(O)Cc2ccccc2)cc1. The number of aliphatic hydroxyl groups is 1. The predicted molar refractivity (Wildman–Crippen MR) is 98.6 cm³/mol. The number of hydrogen-bond acceptors (Lipinski definition) is 4. The lowest BCUT2D eigenvalue weighted by molar-refractivity contribution is -0.136. The van der Waals surface area contributed by atoms with Gasteiger partial charge in [0.1, 0.15) is 0 Å². The van der Waals surface area contributed by atoms with Gasteiger partial charge in [0.15, 0.2) is 0 Å². The first-order valence-electron chi connectivity index (χ1n) is 8.04. The van der Waals surface area contributed by atoms with Crippen LogP contribution < -0.4 is 15.5 Å². The molecule has 0 bridgehead atoms. The van der Waals surface area contributed by atoms with Gasteiger partial charge in [-0.25, -0.2) is 0 Å². The number of amides is 2. The second kappa shape index (κ2) is 8.84. The standard InChI is InChI=1S/C19H23N3O3/c1-22(2)16-10-8-15(9-11-16)21-19(25)18(24)20-13-17(23)12-14-6-4-3-5-7-14/h3-11,17,23H,12-13H2,1-2H3,(H,20,24)(H,21,25). The Balaban J connectivity index is 1.78. The molecule has 0 saturated heterocycles. The Hall–Kier alpha value is -2.86. The van der Waals surface area contributed by atoms with Crippen LogP contribution in [0.4, 0.5) is 11.4 Å². The molecule has 6 heteroatoms. The maximum absolute atomic E-state index is 11.9. The van der Waals surface area contributed by atoms with Gasteiger partial charge in [0.05, 0.1) is 6.10 Å². The van der Waals surface area contributed by atoms with E-state index in [1.165, 1.54) is 0 Å². The molecule has 25 heavy (non-hydrogen) atoms. The first-order chi connectivity index (χ1) is 12.0. The first-order valence-corrected chi connectivity index (χ1v) is 8.04. The number of benzene rings is 2. The van der Waals surface area contributed by atoms with Crippen LogP contribution in [0, 0.1) is 0 Å². The van der Waals surface area contributed by atoms with Crippen LogP contribution in [0.2, 0.25) is 0 Å². The van der Waals surface area contributed by atoms with Crippen molar-refractivity contribution < 1.29 is 14.7 Å². The minimum Gasteiger partial charge on any atom is -0.391 e. The van der Waals surface area contributed by atoms with E-state index in [0.717, 1.165) is 11.3 Å². The molecule has 3 N–H and O–H groups in total. The Labute approximate surface area is 147 Å². The van der Waals surface area contributed by atoms with E-state index in [1.807, 2.05) is 61.5 Å². The average Bonchev–Trinajstić information content (AvgIpc) is 2.61. The Bertz CT molecular complexity index is 700. The molecule has 0 aliphatic heterocycles. The monoisotopic (exact) mass is 341 g/mol. The van der Waals surface area contributed by atoms with E-state index < -0.39 is 17.9 Å². The molecule has 0 spiro atoms. The van der Waals surface area contributed by atoms with Crippen LogP contribution in [-0.2, 0) is 16.0 Å². The van der Waals surface area contributed by atoms with Crippen LogP contribution in [0.3, 0.4) is 0 Å². The van der Waals surface area contributed by atoms with E-state index in [1.54, 1.807) is 12.1 Å². The van der Waals surface area contributed by atoms with Crippen LogP contribution in [0.5, 0.6) is 0 Å². The molecule has 0 radical (unpaired) electrons. The lowest BCUT2D eigenvalue weighted by atomic mass is 10.1. The van der Waals surface area contributed by atoms with E-state index >= 15 is 0 Å². The lowest BCUT2D eigenvalue weighted by Crippen LogP contribution is -2.40. The number of nitrogens with one attached hydrogen (secondary N) is 2. The molecule has 0 aromatic heterocycles. The molecule has 0 aliphatic carbocycles. The summed E-state index contributed by atoms with van der Waals surface area (Å²) in [5.41, 5.74) is 2.50. The largest absolute Gasteiger partial charge is 0.391 e. The highest BCUT2D eigenvalue weighted by atomic mass is 16.3. The second-order valence-corrected chi connectivity index (χ2v) is 5.95. The zero-order chi connectivity index (χ0) is 18.2. The van der Waals surface area contributed by atoms with Crippen molar-refractivity contribution in [1.82, 2.24) is 5.32 Å². The zero-order valence-electron chi connectivity index (χ0n) is 14.4. The Kier molecular flexibility index (Phi) is 6.54. The number of nitrogens with zero attached hydrogens (tertiary/aromatic N) is 1. The van der Waals surface area contributed by atoms with Gasteiger partial charge in [0, 0.05) is 38.4 Å². The summed E-state index contributed by atoms with van der Waals surface area (Å²) in [5.74, 6) is -1.53. The maximum atomic E-state index is 11.9. The van der Waals surface area contributed by atoms with Crippen molar-refractivity contribution in [3.63, 3.8) is 0 Å².